The zero-order chi connectivity index (χ0) is 21.7. The molecule has 0 aromatic heterocycles. The van der Waals surface area contributed by atoms with Crippen LogP contribution < -0.4 is 10.0 Å². The number of anilines is 1. The molecule has 0 heterocycles. The lowest BCUT2D eigenvalue weighted by atomic mass is 10.2. The van der Waals surface area contributed by atoms with Gasteiger partial charge in [-0.1, -0.05) is 36.0 Å². The Morgan fingerprint density at radius 2 is 1.70 bits per heavy atom. The maximum Gasteiger partial charge on any atom is 0.340 e. The van der Waals surface area contributed by atoms with E-state index in [1.54, 1.807) is 12.1 Å². The first-order valence-corrected chi connectivity index (χ1v) is 11.5. The lowest BCUT2D eigenvalue weighted by Crippen LogP contribution is -2.35. The average molecular weight is 471 g/mol. The van der Waals surface area contributed by atoms with Crippen molar-refractivity contribution in [3.63, 3.8) is 0 Å². The molecule has 160 valence electrons. The first-order valence-electron chi connectivity index (χ1n) is 9.29. The van der Waals surface area contributed by atoms with Crippen molar-refractivity contribution in [2.75, 3.05) is 11.3 Å². The normalized spacial score (nSPS) is 14.3. The summed E-state index contributed by atoms with van der Waals surface area (Å²) in [6.07, 6.45) is 3.94. The first-order chi connectivity index (χ1) is 14.2. The summed E-state index contributed by atoms with van der Waals surface area (Å²) in [7, 11) is -3.98. The molecule has 0 radical (unpaired) electrons. The van der Waals surface area contributed by atoms with E-state index in [1.165, 1.54) is 24.3 Å². The molecular formula is C20H20Cl2N2O5S. The third-order valence-corrected chi connectivity index (χ3v) is 6.58. The van der Waals surface area contributed by atoms with Crippen LogP contribution in [0.15, 0.2) is 47.4 Å². The number of sulfonamides is 1. The summed E-state index contributed by atoms with van der Waals surface area (Å²) in [6, 6.07) is 9.87. The molecule has 1 fully saturated rings. The molecule has 0 spiro atoms. The van der Waals surface area contributed by atoms with E-state index < -0.39 is 28.5 Å². The van der Waals surface area contributed by atoms with Crippen molar-refractivity contribution in [2.45, 2.75) is 36.6 Å². The van der Waals surface area contributed by atoms with Gasteiger partial charge in [-0.15, -0.1) is 0 Å². The van der Waals surface area contributed by atoms with E-state index >= 15 is 0 Å². The summed E-state index contributed by atoms with van der Waals surface area (Å²) in [5.41, 5.74) is 0.159. The van der Waals surface area contributed by atoms with Crippen LogP contribution in [0.5, 0.6) is 0 Å². The van der Waals surface area contributed by atoms with Gasteiger partial charge in [0.25, 0.3) is 15.9 Å². The lowest BCUT2D eigenvalue weighted by molar-refractivity contribution is -0.124. The van der Waals surface area contributed by atoms with Crippen molar-refractivity contribution >= 4 is 50.8 Å². The number of amides is 1. The number of nitrogens with one attached hydrogen (secondary N) is 2. The minimum atomic E-state index is -3.98. The topological polar surface area (TPSA) is 102 Å². The Labute approximate surface area is 184 Å². The summed E-state index contributed by atoms with van der Waals surface area (Å²) in [5, 5.41) is 3.28. The number of carbonyl (C=O) groups is 2. The Balaban J connectivity index is 1.68. The van der Waals surface area contributed by atoms with Crippen LogP contribution in [0.2, 0.25) is 10.0 Å². The van der Waals surface area contributed by atoms with E-state index in [-0.39, 0.29) is 21.5 Å². The maximum atomic E-state index is 12.6. The van der Waals surface area contributed by atoms with Crippen molar-refractivity contribution in [1.29, 1.82) is 0 Å². The molecule has 0 bridgehead atoms. The second-order valence-corrected chi connectivity index (χ2v) is 9.41. The predicted octanol–water partition coefficient (Wildman–Crippen LogP) is 4.01. The second-order valence-electron chi connectivity index (χ2n) is 6.88. The van der Waals surface area contributed by atoms with Crippen LogP contribution in [0.1, 0.15) is 36.0 Å². The van der Waals surface area contributed by atoms with Crippen LogP contribution in [-0.2, 0) is 19.6 Å². The minimum Gasteiger partial charge on any atom is -0.452 e. The number of halogens is 2. The zero-order valence-electron chi connectivity index (χ0n) is 15.9. The number of hydrogen-bond donors (Lipinski definition) is 2. The predicted molar refractivity (Wildman–Crippen MR) is 114 cm³/mol. The Hall–Kier alpha value is -2.29. The number of carbonyl (C=O) groups excluding carboxylic acids is 2. The maximum absolute atomic E-state index is 12.6. The van der Waals surface area contributed by atoms with Gasteiger partial charge in [0.1, 0.15) is 0 Å². The monoisotopic (exact) mass is 470 g/mol. The van der Waals surface area contributed by atoms with Gasteiger partial charge in [0.05, 0.1) is 15.5 Å². The number of rotatable bonds is 7. The molecule has 1 aliphatic carbocycles. The highest BCUT2D eigenvalue weighted by Gasteiger charge is 2.22. The summed E-state index contributed by atoms with van der Waals surface area (Å²) in [5.74, 6) is -1.29. The van der Waals surface area contributed by atoms with Crippen LogP contribution in [0.3, 0.4) is 0 Å². The van der Waals surface area contributed by atoms with Gasteiger partial charge in [-0.2, -0.15) is 0 Å². The van der Waals surface area contributed by atoms with Gasteiger partial charge < -0.3 is 10.1 Å². The summed E-state index contributed by atoms with van der Waals surface area (Å²) < 4.78 is 32.7. The number of esters is 1. The highest BCUT2D eigenvalue weighted by atomic mass is 35.5. The number of hydrogen-bond acceptors (Lipinski definition) is 5. The fourth-order valence-electron chi connectivity index (χ4n) is 3.11. The van der Waals surface area contributed by atoms with Gasteiger partial charge in [0.2, 0.25) is 0 Å². The molecule has 0 aliphatic heterocycles. The van der Waals surface area contributed by atoms with E-state index in [2.05, 4.69) is 10.0 Å². The molecule has 2 aromatic rings. The summed E-state index contributed by atoms with van der Waals surface area (Å²) in [6.45, 7) is -0.467. The van der Waals surface area contributed by atoms with Gasteiger partial charge in [-0.05, 0) is 55.3 Å². The molecule has 3 rings (SSSR count). The van der Waals surface area contributed by atoms with Crippen molar-refractivity contribution in [3.8, 4) is 0 Å². The third-order valence-electron chi connectivity index (χ3n) is 4.62. The standard InChI is InChI=1S/C20H20Cl2N2O5S/c21-13-5-7-15(8-6-13)24-30(27,28)16-9-10-18(22)17(11-16)20(26)29-12-19(25)23-14-3-1-2-4-14/h5-11,14,24H,1-4,12H2,(H,23,25). The van der Waals surface area contributed by atoms with E-state index in [1.807, 2.05) is 0 Å². The minimum absolute atomic E-state index is 0.0154. The van der Waals surface area contributed by atoms with Crippen molar-refractivity contribution in [1.82, 2.24) is 5.32 Å². The van der Waals surface area contributed by atoms with Crippen molar-refractivity contribution < 1.29 is 22.7 Å². The molecule has 7 nitrogen and oxygen atoms in total. The second kappa shape index (κ2) is 9.68. The van der Waals surface area contributed by atoms with Crippen molar-refractivity contribution in [3.05, 3.63) is 58.1 Å². The van der Waals surface area contributed by atoms with Gasteiger partial charge in [0, 0.05) is 16.8 Å². The number of ether oxygens (including phenoxy) is 1. The molecule has 1 aliphatic rings. The molecule has 0 saturated heterocycles. The highest BCUT2D eigenvalue weighted by Crippen LogP contribution is 2.24. The van der Waals surface area contributed by atoms with E-state index in [0.29, 0.717) is 10.7 Å². The Kier molecular flexibility index (Phi) is 7.23. The Morgan fingerprint density at radius 1 is 1.03 bits per heavy atom. The molecule has 1 saturated carbocycles. The van der Waals surface area contributed by atoms with E-state index in [0.717, 1.165) is 31.7 Å². The largest absolute Gasteiger partial charge is 0.452 e. The highest BCUT2D eigenvalue weighted by molar-refractivity contribution is 7.92. The molecule has 10 heteroatoms. The number of benzene rings is 2. The van der Waals surface area contributed by atoms with Crippen LogP contribution >= 0.6 is 23.2 Å². The Morgan fingerprint density at radius 3 is 2.37 bits per heavy atom. The molecule has 0 atom stereocenters. The smallest absolute Gasteiger partial charge is 0.340 e. The van der Waals surface area contributed by atoms with Crippen LogP contribution in [0.25, 0.3) is 0 Å². The van der Waals surface area contributed by atoms with Gasteiger partial charge in [-0.25, -0.2) is 13.2 Å². The van der Waals surface area contributed by atoms with Crippen molar-refractivity contribution in [2.24, 2.45) is 0 Å². The van der Waals surface area contributed by atoms with Gasteiger partial charge in [0.15, 0.2) is 6.61 Å². The van der Waals surface area contributed by atoms with E-state index in [4.69, 9.17) is 27.9 Å². The van der Waals surface area contributed by atoms with Crippen LogP contribution in [0, 0.1) is 0 Å². The first kappa shape index (κ1) is 22.4. The van der Waals surface area contributed by atoms with Gasteiger partial charge >= 0.3 is 5.97 Å². The fraction of sp³-hybridized carbons (Fsp3) is 0.300. The van der Waals surface area contributed by atoms with Gasteiger partial charge in [-0.3, -0.25) is 9.52 Å². The molecule has 30 heavy (non-hydrogen) atoms. The molecule has 1 amide bonds. The third kappa shape index (κ3) is 5.87. The zero-order valence-corrected chi connectivity index (χ0v) is 18.2. The average Bonchev–Trinajstić information content (AvgIpc) is 3.21. The molecule has 2 aromatic carbocycles. The van der Waals surface area contributed by atoms with Crippen LogP contribution in [0.4, 0.5) is 5.69 Å². The van der Waals surface area contributed by atoms with Crippen LogP contribution in [-0.4, -0.2) is 32.9 Å². The Bertz CT molecular complexity index is 1040. The quantitative estimate of drug-likeness (QED) is 0.595. The fourth-order valence-corrected chi connectivity index (χ4v) is 4.51. The molecule has 2 N–H and O–H groups in total. The molecule has 0 unspecified atom stereocenters. The molecular weight excluding hydrogens is 451 g/mol. The lowest BCUT2D eigenvalue weighted by Gasteiger charge is -2.13. The van der Waals surface area contributed by atoms with E-state index in [9.17, 15) is 18.0 Å². The summed E-state index contributed by atoms with van der Waals surface area (Å²) in [4.78, 5) is 24.1. The summed E-state index contributed by atoms with van der Waals surface area (Å²) >= 11 is 11.8. The SMILES string of the molecule is O=C(COC(=O)c1cc(S(=O)(=O)Nc2ccc(Cl)cc2)ccc1Cl)NC1CCCC1.